The van der Waals surface area contributed by atoms with E-state index in [1.807, 2.05) is 30.3 Å². The Bertz CT molecular complexity index is 443. The fraction of sp³-hybridized carbons (Fsp3) is 0.429. The van der Waals surface area contributed by atoms with Crippen molar-refractivity contribution in [1.82, 2.24) is 5.32 Å². The van der Waals surface area contributed by atoms with Crippen LogP contribution in [0.1, 0.15) is 12.8 Å². The molecule has 0 aromatic heterocycles. The number of carboxylic acids is 1. The van der Waals surface area contributed by atoms with Crippen molar-refractivity contribution in [2.24, 2.45) is 5.92 Å². The zero-order valence-corrected chi connectivity index (χ0v) is 10.7. The Kier molecular flexibility index (Phi) is 4.52. The summed E-state index contributed by atoms with van der Waals surface area (Å²) in [7, 11) is 0. The van der Waals surface area contributed by atoms with Crippen molar-refractivity contribution in [3.8, 4) is 0 Å². The van der Waals surface area contributed by atoms with E-state index in [9.17, 15) is 9.59 Å². The van der Waals surface area contributed by atoms with E-state index in [1.54, 1.807) is 4.90 Å². The van der Waals surface area contributed by atoms with Crippen LogP contribution in [0, 0.1) is 5.92 Å². The third-order valence-corrected chi connectivity index (χ3v) is 3.24. The highest BCUT2D eigenvalue weighted by Gasteiger charge is 2.29. The van der Waals surface area contributed by atoms with E-state index in [1.165, 1.54) is 0 Å². The number of hydrogen-bond acceptors (Lipinski definition) is 3. The highest BCUT2D eigenvalue weighted by molar-refractivity contribution is 5.95. The Morgan fingerprint density at radius 1 is 1.26 bits per heavy atom. The lowest BCUT2D eigenvalue weighted by Gasteiger charge is -2.32. The van der Waals surface area contributed by atoms with E-state index in [2.05, 4.69) is 5.32 Å². The summed E-state index contributed by atoms with van der Waals surface area (Å²) in [5.74, 6) is -0.730. The van der Waals surface area contributed by atoms with E-state index in [0.29, 0.717) is 26.1 Å². The maximum absolute atomic E-state index is 12.3. The van der Waals surface area contributed by atoms with Gasteiger partial charge in [-0.15, -0.1) is 0 Å². The van der Waals surface area contributed by atoms with Gasteiger partial charge in [-0.2, -0.15) is 0 Å². The first kappa shape index (κ1) is 13.5. The lowest BCUT2D eigenvalue weighted by atomic mass is 10.0. The largest absolute Gasteiger partial charge is 0.481 e. The molecule has 102 valence electrons. The van der Waals surface area contributed by atoms with Crippen molar-refractivity contribution in [1.29, 1.82) is 0 Å². The number of para-hydroxylation sites is 1. The Hall–Kier alpha value is -1.88. The van der Waals surface area contributed by atoms with Gasteiger partial charge < -0.3 is 15.3 Å². The van der Waals surface area contributed by atoms with Crippen molar-refractivity contribution in [2.75, 3.05) is 24.5 Å². The summed E-state index contributed by atoms with van der Waals surface area (Å²) in [6, 6.07) is 9.42. The number of nitrogens with one attached hydrogen (secondary N) is 1. The fourth-order valence-corrected chi connectivity index (χ4v) is 2.05. The van der Waals surface area contributed by atoms with Gasteiger partial charge in [-0.05, 0) is 18.6 Å². The SMILES string of the molecule is O=C(O)CCCN(C(=O)C1CNC1)c1ccccc1. The van der Waals surface area contributed by atoms with Gasteiger partial charge >= 0.3 is 5.97 Å². The molecular formula is C14H18N2O3. The number of aliphatic carboxylic acids is 1. The smallest absolute Gasteiger partial charge is 0.303 e. The number of carboxylic acid groups (broad SMARTS) is 1. The first-order valence-corrected chi connectivity index (χ1v) is 6.47. The van der Waals surface area contributed by atoms with Crippen molar-refractivity contribution in [2.45, 2.75) is 12.8 Å². The molecule has 1 fully saturated rings. The summed E-state index contributed by atoms with van der Waals surface area (Å²) in [5, 5.41) is 11.8. The molecule has 1 aromatic carbocycles. The molecule has 0 spiro atoms. The highest BCUT2D eigenvalue weighted by atomic mass is 16.4. The first-order chi connectivity index (χ1) is 9.18. The summed E-state index contributed by atoms with van der Waals surface area (Å²) >= 11 is 0. The molecule has 19 heavy (non-hydrogen) atoms. The normalized spacial score (nSPS) is 14.7. The van der Waals surface area contributed by atoms with E-state index < -0.39 is 5.97 Å². The summed E-state index contributed by atoms with van der Waals surface area (Å²) in [4.78, 5) is 24.6. The minimum Gasteiger partial charge on any atom is -0.481 e. The van der Waals surface area contributed by atoms with Crippen LogP contribution >= 0.6 is 0 Å². The van der Waals surface area contributed by atoms with Crippen LogP contribution in [-0.2, 0) is 9.59 Å². The minimum absolute atomic E-state index is 0.0186. The van der Waals surface area contributed by atoms with E-state index in [-0.39, 0.29) is 18.2 Å². The van der Waals surface area contributed by atoms with Crippen molar-refractivity contribution >= 4 is 17.6 Å². The number of nitrogens with zero attached hydrogens (tertiary/aromatic N) is 1. The molecule has 2 rings (SSSR count). The Morgan fingerprint density at radius 2 is 1.95 bits per heavy atom. The average molecular weight is 262 g/mol. The van der Waals surface area contributed by atoms with Gasteiger partial charge in [0.2, 0.25) is 5.91 Å². The maximum atomic E-state index is 12.3. The zero-order chi connectivity index (χ0) is 13.7. The van der Waals surface area contributed by atoms with Crippen LogP contribution in [0.15, 0.2) is 30.3 Å². The number of amides is 1. The van der Waals surface area contributed by atoms with Crippen LogP contribution in [0.3, 0.4) is 0 Å². The molecule has 1 heterocycles. The number of carbonyl (C=O) groups is 2. The molecule has 0 saturated carbocycles. The van der Waals surface area contributed by atoms with Crippen LogP contribution in [0.4, 0.5) is 5.69 Å². The maximum Gasteiger partial charge on any atom is 0.303 e. The van der Waals surface area contributed by atoms with Crippen LogP contribution in [0.2, 0.25) is 0 Å². The predicted octanol–water partition coefficient (Wildman–Crippen LogP) is 1.10. The predicted molar refractivity (Wildman–Crippen MR) is 72.0 cm³/mol. The third kappa shape index (κ3) is 3.54. The molecule has 0 radical (unpaired) electrons. The molecule has 0 unspecified atom stereocenters. The van der Waals surface area contributed by atoms with Gasteiger partial charge in [0.05, 0.1) is 5.92 Å². The molecule has 5 heteroatoms. The molecule has 1 amide bonds. The second-order valence-electron chi connectivity index (χ2n) is 4.68. The first-order valence-electron chi connectivity index (χ1n) is 6.47. The van der Waals surface area contributed by atoms with Gasteiger partial charge in [0, 0.05) is 31.7 Å². The van der Waals surface area contributed by atoms with E-state index in [4.69, 9.17) is 5.11 Å². The van der Waals surface area contributed by atoms with Gasteiger partial charge in [-0.25, -0.2) is 0 Å². The Labute approximate surface area is 112 Å². The number of rotatable bonds is 6. The van der Waals surface area contributed by atoms with Gasteiger partial charge in [0.15, 0.2) is 0 Å². The molecule has 0 aliphatic carbocycles. The summed E-state index contributed by atoms with van der Waals surface area (Å²) in [6.45, 7) is 1.87. The quantitative estimate of drug-likeness (QED) is 0.805. The van der Waals surface area contributed by atoms with Crippen LogP contribution in [0.25, 0.3) is 0 Å². The average Bonchev–Trinajstić information content (AvgIpc) is 2.33. The second-order valence-corrected chi connectivity index (χ2v) is 4.68. The molecule has 0 bridgehead atoms. The van der Waals surface area contributed by atoms with E-state index in [0.717, 1.165) is 5.69 Å². The third-order valence-electron chi connectivity index (χ3n) is 3.24. The number of anilines is 1. The number of carbonyl (C=O) groups excluding carboxylic acids is 1. The molecular weight excluding hydrogens is 244 g/mol. The lowest BCUT2D eigenvalue weighted by molar-refractivity contribution is -0.137. The van der Waals surface area contributed by atoms with Crippen molar-refractivity contribution < 1.29 is 14.7 Å². The monoisotopic (exact) mass is 262 g/mol. The van der Waals surface area contributed by atoms with Crippen molar-refractivity contribution in [3.63, 3.8) is 0 Å². The fourth-order valence-electron chi connectivity index (χ4n) is 2.05. The van der Waals surface area contributed by atoms with Crippen LogP contribution in [-0.4, -0.2) is 36.6 Å². The topological polar surface area (TPSA) is 69.6 Å². The van der Waals surface area contributed by atoms with Gasteiger partial charge in [0.25, 0.3) is 0 Å². The van der Waals surface area contributed by atoms with Crippen molar-refractivity contribution in [3.05, 3.63) is 30.3 Å². The molecule has 1 aromatic rings. The number of hydrogen-bond donors (Lipinski definition) is 2. The zero-order valence-electron chi connectivity index (χ0n) is 10.7. The van der Waals surface area contributed by atoms with E-state index >= 15 is 0 Å². The Morgan fingerprint density at radius 3 is 2.47 bits per heavy atom. The molecule has 1 saturated heterocycles. The summed E-state index contributed by atoms with van der Waals surface area (Å²) in [6.07, 6.45) is 0.551. The molecule has 5 nitrogen and oxygen atoms in total. The lowest BCUT2D eigenvalue weighted by Crippen LogP contribution is -2.52. The van der Waals surface area contributed by atoms with Gasteiger partial charge in [0.1, 0.15) is 0 Å². The second kappa shape index (κ2) is 6.33. The summed E-state index contributed by atoms with van der Waals surface area (Å²) < 4.78 is 0. The molecule has 0 atom stereocenters. The molecule has 1 aliphatic rings. The number of benzene rings is 1. The van der Waals surface area contributed by atoms with Gasteiger partial charge in [-0.1, -0.05) is 18.2 Å². The Balaban J connectivity index is 2.04. The summed E-state index contributed by atoms with van der Waals surface area (Å²) in [5.41, 5.74) is 0.838. The molecule has 1 aliphatic heterocycles. The minimum atomic E-state index is -0.828. The highest BCUT2D eigenvalue weighted by Crippen LogP contribution is 2.19. The standard InChI is InChI=1S/C14H18N2O3/c17-13(18)7-4-8-16(12-5-2-1-3-6-12)14(19)11-9-15-10-11/h1-3,5-6,11,15H,4,7-10H2,(H,17,18). The van der Waals surface area contributed by atoms with Gasteiger partial charge in [-0.3, -0.25) is 9.59 Å². The van der Waals surface area contributed by atoms with Crippen LogP contribution in [0.5, 0.6) is 0 Å². The molecule has 2 N–H and O–H groups in total. The van der Waals surface area contributed by atoms with Crippen LogP contribution < -0.4 is 10.2 Å².